The number of nitriles is 1. The monoisotopic (exact) mass is 443 g/mol. The van der Waals surface area contributed by atoms with Crippen LogP contribution in [0.15, 0.2) is 18.6 Å². The molecular formula is C20H26ClN9O. The lowest BCUT2D eigenvalue weighted by Crippen LogP contribution is -2.78. The number of ether oxygens (including phenoxy) is 1. The van der Waals surface area contributed by atoms with E-state index >= 15 is 0 Å². The van der Waals surface area contributed by atoms with Crippen LogP contribution >= 0.6 is 11.6 Å². The fourth-order valence-corrected chi connectivity index (χ4v) is 4.97. The van der Waals surface area contributed by atoms with E-state index in [2.05, 4.69) is 48.2 Å². The van der Waals surface area contributed by atoms with E-state index in [1.54, 1.807) is 17.1 Å². The number of hydrogen-bond acceptors (Lipinski definition) is 9. The summed E-state index contributed by atoms with van der Waals surface area (Å²) < 4.78 is 7.25. The van der Waals surface area contributed by atoms with Crippen LogP contribution < -0.4 is 10.2 Å². The molecule has 2 aromatic rings. The average molecular weight is 444 g/mol. The van der Waals surface area contributed by atoms with Crippen molar-refractivity contribution in [2.24, 2.45) is 7.05 Å². The van der Waals surface area contributed by atoms with Crippen molar-refractivity contribution in [3.8, 4) is 6.07 Å². The molecule has 3 fully saturated rings. The highest BCUT2D eigenvalue weighted by Gasteiger charge is 2.55. The molecule has 0 aliphatic carbocycles. The molecule has 10 nitrogen and oxygen atoms in total. The van der Waals surface area contributed by atoms with E-state index in [0.717, 1.165) is 38.5 Å². The molecule has 3 aliphatic heterocycles. The summed E-state index contributed by atoms with van der Waals surface area (Å²) in [6.07, 6.45) is 5.66. The number of nitrogens with zero attached hydrogens (tertiary/aromatic N) is 8. The minimum absolute atomic E-state index is 0.0779. The van der Waals surface area contributed by atoms with Crippen molar-refractivity contribution in [1.29, 1.82) is 5.26 Å². The molecule has 0 atom stereocenters. The molecule has 11 heteroatoms. The lowest BCUT2D eigenvalue weighted by Gasteiger charge is -2.62. The molecule has 164 valence electrons. The number of piperazine rings is 1. The lowest BCUT2D eigenvalue weighted by molar-refractivity contribution is -0.176. The van der Waals surface area contributed by atoms with Crippen LogP contribution in [-0.4, -0.2) is 93.6 Å². The van der Waals surface area contributed by atoms with Gasteiger partial charge in [-0.15, -0.1) is 0 Å². The maximum absolute atomic E-state index is 9.57. The smallest absolute Gasteiger partial charge is 0.229 e. The summed E-state index contributed by atoms with van der Waals surface area (Å²) in [6.45, 7) is 5.78. The molecule has 3 saturated heterocycles. The van der Waals surface area contributed by atoms with Crippen LogP contribution in [0, 0.1) is 11.3 Å². The molecule has 0 radical (unpaired) electrons. The van der Waals surface area contributed by atoms with Crippen LogP contribution in [0.1, 0.15) is 6.42 Å². The topological polar surface area (TPSA) is 98.4 Å². The van der Waals surface area contributed by atoms with Crippen molar-refractivity contribution in [1.82, 2.24) is 29.5 Å². The van der Waals surface area contributed by atoms with Gasteiger partial charge in [0, 0.05) is 46.0 Å². The number of aromatic nitrogens is 4. The third-order valence-electron chi connectivity index (χ3n) is 6.78. The van der Waals surface area contributed by atoms with E-state index in [4.69, 9.17) is 16.3 Å². The summed E-state index contributed by atoms with van der Waals surface area (Å²) in [5.41, 5.74) is 0.696. The lowest BCUT2D eigenvalue weighted by atomic mass is 9.81. The number of rotatable bonds is 5. The predicted molar refractivity (Wildman–Crippen MR) is 116 cm³/mol. The summed E-state index contributed by atoms with van der Waals surface area (Å²) in [5, 5.41) is 17.4. The van der Waals surface area contributed by atoms with Crippen LogP contribution in [0.3, 0.4) is 0 Å². The maximum atomic E-state index is 9.57. The van der Waals surface area contributed by atoms with Gasteiger partial charge in [0.05, 0.1) is 54.9 Å². The standard InChI is InChI=1S/C20H26ClN9O/c1-27-5-6-30(12-20(27)13-31-14-20)19(3-4-22)10-29(11-19)17-16(21)8-23-18(26-17)25-15-7-24-28(2)9-15/h7-9H,3,5-6,10-14H2,1-2H3,(H,23,25,26). The van der Waals surface area contributed by atoms with Gasteiger partial charge in [-0.3, -0.25) is 14.5 Å². The molecule has 3 aliphatic rings. The molecule has 1 spiro atoms. The summed E-state index contributed by atoms with van der Waals surface area (Å²) in [7, 11) is 4.02. The third kappa shape index (κ3) is 3.51. The first-order chi connectivity index (χ1) is 14.9. The number of anilines is 3. The Morgan fingerprint density at radius 2 is 2.03 bits per heavy atom. The van der Waals surface area contributed by atoms with Crippen molar-refractivity contribution in [2.45, 2.75) is 17.5 Å². The van der Waals surface area contributed by atoms with Crippen LogP contribution in [0.25, 0.3) is 0 Å². The van der Waals surface area contributed by atoms with E-state index in [1.165, 1.54) is 0 Å². The van der Waals surface area contributed by atoms with Gasteiger partial charge in [-0.2, -0.15) is 15.3 Å². The second-order valence-electron chi connectivity index (χ2n) is 8.87. The van der Waals surface area contributed by atoms with Crippen molar-refractivity contribution in [3.63, 3.8) is 0 Å². The molecule has 0 amide bonds. The zero-order valence-electron chi connectivity index (χ0n) is 17.8. The van der Waals surface area contributed by atoms with Gasteiger partial charge in [-0.1, -0.05) is 11.6 Å². The fraction of sp³-hybridized carbons (Fsp3) is 0.600. The Labute approximate surface area is 186 Å². The summed E-state index contributed by atoms with van der Waals surface area (Å²) in [6, 6.07) is 2.41. The highest BCUT2D eigenvalue weighted by atomic mass is 35.5. The molecular weight excluding hydrogens is 418 g/mol. The predicted octanol–water partition coefficient (Wildman–Crippen LogP) is 1.10. The summed E-state index contributed by atoms with van der Waals surface area (Å²) in [5.74, 6) is 1.16. The SMILES string of the molecule is CN1CCN(C2(CC#N)CN(c3nc(Nc4cnn(C)c4)ncc3Cl)C2)CC12COC2. The largest absolute Gasteiger partial charge is 0.377 e. The van der Waals surface area contributed by atoms with Gasteiger partial charge in [0.1, 0.15) is 5.02 Å². The van der Waals surface area contributed by atoms with Gasteiger partial charge in [-0.05, 0) is 7.05 Å². The third-order valence-corrected chi connectivity index (χ3v) is 7.04. The summed E-state index contributed by atoms with van der Waals surface area (Å²) >= 11 is 6.45. The van der Waals surface area contributed by atoms with E-state index < -0.39 is 0 Å². The fourth-order valence-electron chi connectivity index (χ4n) is 4.76. The first-order valence-electron chi connectivity index (χ1n) is 10.4. The van der Waals surface area contributed by atoms with Crippen LogP contribution in [0.4, 0.5) is 17.5 Å². The second kappa shape index (κ2) is 7.60. The van der Waals surface area contributed by atoms with Gasteiger partial charge in [0.25, 0.3) is 0 Å². The molecule has 5 heterocycles. The Morgan fingerprint density at radius 1 is 1.23 bits per heavy atom. The number of aryl methyl sites for hydroxylation is 1. The number of nitrogens with one attached hydrogen (secondary N) is 1. The van der Waals surface area contributed by atoms with Crippen molar-refractivity contribution >= 4 is 29.1 Å². The van der Waals surface area contributed by atoms with E-state index in [0.29, 0.717) is 36.3 Å². The molecule has 0 bridgehead atoms. The number of hydrogen-bond donors (Lipinski definition) is 1. The van der Waals surface area contributed by atoms with E-state index in [-0.39, 0.29) is 11.1 Å². The number of likely N-dealkylation sites (N-methyl/N-ethyl adjacent to an activating group) is 1. The van der Waals surface area contributed by atoms with Crippen molar-refractivity contribution < 1.29 is 4.74 Å². The first kappa shape index (κ1) is 20.5. The Morgan fingerprint density at radius 3 is 2.68 bits per heavy atom. The first-order valence-corrected chi connectivity index (χ1v) is 10.8. The molecule has 0 saturated carbocycles. The Bertz CT molecular complexity index is 1010. The highest BCUT2D eigenvalue weighted by molar-refractivity contribution is 6.32. The normalized spacial score (nSPS) is 22.6. The summed E-state index contributed by atoms with van der Waals surface area (Å²) in [4.78, 5) is 16.0. The van der Waals surface area contributed by atoms with Crippen LogP contribution in [-0.2, 0) is 11.8 Å². The zero-order chi connectivity index (χ0) is 21.6. The quantitative estimate of drug-likeness (QED) is 0.728. The molecule has 2 aromatic heterocycles. The van der Waals surface area contributed by atoms with Gasteiger partial charge >= 0.3 is 0 Å². The van der Waals surface area contributed by atoms with Gasteiger partial charge in [-0.25, -0.2) is 4.98 Å². The van der Waals surface area contributed by atoms with Crippen molar-refractivity contribution in [2.75, 3.05) is 63.2 Å². The van der Waals surface area contributed by atoms with Gasteiger partial charge in [0.15, 0.2) is 5.82 Å². The Hall–Kier alpha value is -2.45. The second-order valence-corrected chi connectivity index (χ2v) is 9.28. The molecule has 1 N–H and O–H groups in total. The van der Waals surface area contributed by atoms with E-state index in [1.807, 2.05) is 13.2 Å². The van der Waals surface area contributed by atoms with Gasteiger partial charge in [0.2, 0.25) is 5.95 Å². The van der Waals surface area contributed by atoms with Crippen LogP contribution in [0.2, 0.25) is 5.02 Å². The molecule has 0 aromatic carbocycles. The van der Waals surface area contributed by atoms with E-state index in [9.17, 15) is 5.26 Å². The molecule has 5 rings (SSSR count). The molecule has 31 heavy (non-hydrogen) atoms. The maximum Gasteiger partial charge on any atom is 0.229 e. The van der Waals surface area contributed by atoms with Crippen molar-refractivity contribution in [3.05, 3.63) is 23.6 Å². The molecule has 0 unspecified atom stereocenters. The average Bonchev–Trinajstić information content (AvgIpc) is 3.10. The zero-order valence-corrected chi connectivity index (χ0v) is 18.5. The number of halogens is 1. The Balaban J connectivity index is 1.33. The highest BCUT2D eigenvalue weighted by Crippen LogP contribution is 2.40. The van der Waals surface area contributed by atoms with Crippen LogP contribution in [0.5, 0.6) is 0 Å². The van der Waals surface area contributed by atoms with Gasteiger partial charge < -0.3 is 15.0 Å². The minimum Gasteiger partial charge on any atom is -0.377 e. The minimum atomic E-state index is -0.191. The Kier molecular flexibility index (Phi) is 5.01.